The molecule has 0 heterocycles. The monoisotopic (exact) mass is 480 g/mol. The number of hydrogen-bond acceptors (Lipinski definition) is 9. The van der Waals surface area contributed by atoms with Crippen LogP contribution in [0.2, 0.25) is 0 Å². The Hall–Kier alpha value is -4.93. The first-order valence-electron chi connectivity index (χ1n) is 10.1. The highest BCUT2D eigenvalue weighted by Crippen LogP contribution is 2.31. The summed E-state index contributed by atoms with van der Waals surface area (Å²) in [5.74, 6) is -2.05. The number of hydrogen-bond donors (Lipinski definition) is 2. The zero-order chi connectivity index (χ0) is 25.5. The molecule has 0 fully saturated rings. The third kappa shape index (κ3) is 5.90. The number of nitrogens with one attached hydrogen (secondary N) is 1. The van der Waals surface area contributed by atoms with Crippen LogP contribution in [-0.4, -0.2) is 42.1 Å². The number of anilines is 1. The van der Waals surface area contributed by atoms with Gasteiger partial charge in [-0.2, -0.15) is 0 Å². The molecule has 2 N–H and O–H groups in total. The summed E-state index contributed by atoms with van der Waals surface area (Å²) < 4.78 is 15.2. The van der Waals surface area contributed by atoms with Gasteiger partial charge in [-0.25, -0.2) is 9.59 Å². The lowest BCUT2D eigenvalue weighted by Crippen LogP contribution is -2.15. The Morgan fingerprint density at radius 2 is 1.63 bits per heavy atom. The molecule has 0 saturated heterocycles. The summed E-state index contributed by atoms with van der Waals surface area (Å²) in [6, 6.07) is 14.3. The van der Waals surface area contributed by atoms with E-state index in [0.717, 1.165) is 12.1 Å². The van der Waals surface area contributed by atoms with E-state index >= 15 is 0 Å². The van der Waals surface area contributed by atoms with Crippen LogP contribution in [0.4, 0.5) is 11.4 Å². The number of phenolic OH excluding ortho intramolecular Hbond substituents is 1. The van der Waals surface area contributed by atoms with Crippen molar-refractivity contribution < 1.29 is 38.6 Å². The predicted octanol–water partition coefficient (Wildman–Crippen LogP) is 3.85. The highest BCUT2D eigenvalue weighted by molar-refractivity contribution is 6.03. The van der Waals surface area contributed by atoms with Gasteiger partial charge in [0.05, 0.1) is 42.4 Å². The minimum atomic E-state index is -0.763. The van der Waals surface area contributed by atoms with Crippen LogP contribution in [0.5, 0.6) is 17.2 Å². The zero-order valence-corrected chi connectivity index (χ0v) is 18.6. The number of carbonyl (C=O) groups excluding carboxylic acids is 3. The van der Waals surface area contributed by atoms with E-state index in [0.29, 0.717) is 11.3 Å². The van der Waals surface area contributed by atoms with Crippen molar-refractivity contribution in [3.05, 3.63) is 87.5 Å². The van der Waals surface area contributed by atoms with Gasteiger partial charge in [0.2, 0.25) is 5.91 Å². The summed E-state index contributed by atoms with van der Waals surface area (Å²) in [4.78, 5) is 46.9. The lowest BCUT2D eigenvalue weighted by atomic mass is 10.1. The number of phenols is 1. The largest absolute Gasteiger partial charge is 0.502 e. The Morgan fingerprint density at radius 1 is 0.943 bits per heavy atom. The number of para-hydroxylation sites is 2. The molecule has 0 spiro atoms. The van der Waals surface area contributed by atoms with E-state index in [2.05, 4.69) is 10.1 Å². The van der Waals surface area contributed by atoms with Gasteiger partial charge in [-0.15, -0.1) is 0 Å². The summed E-state index contributed by atoms with van der Waals surface area (Å²) in [6.45, 7) is 0. The lowest BCUT2D eigenvalue weighted by molar-refractivity contribution is -0.385. The van der Waals surface area contributed by atoms with E-state index in [4.69, 9.17) is 9.47 Å². The van der Waals surface area contributed by atoms with Gasteiger partial charge in [0.15, 0.2) is 11.5 Å². The Balaban J connectivity index is 1.82. The third-order valence-corrected chi connectivity index (χ3v) is 4.79. The molecule has 35 heavy (non-hydrogen) atoms. The molecule has 0 aromatic heterocycles. The second kappa shape index (κ2) is 10.8. The van der Waals surface area contributed by atoms with Crippen LogP contribution in [0.3, 0.4) is 0 Å². The molecule has 3 aromatic rings. The van der Waals surface area contributed by atoms with Crippen LogP contribution in [0.15, 0.2) is 60.7 Å². The average Bonchev–Trinajstić information content (AvgIpc) is 2.85. The number of rotatable bonds is 8. The molecule has 180 valence electrons. The average molecular weight is 480 g/mol. The fourth-order valence-corrected chi connectivity index (χ4v) is 3.14. The van der Waals surface area contributed by atoms with Crippen molar-refractivity contribution in [2.45, 2.75) is 6.42 Å². The number of amides is 1. The van der Waals surface area contributed by atoms with Crippen LogP contribution in [0.1, 0.15) is 26.3 Å². The fourth-order valence-electron chi connectivity index (χ4n) is 3.14. The molecule has 11 heteroatoms. The summed E-state index contributed by atoms with van der Waals surface area (Å²) in [5.41, 5.74) is 0.0494. The van der Waals surface area contributed by atoms with Gasteiger partial charge in [0.1, 0.15) is 5.75 Å². The maximum absolute atomic E-state index is 12.6. The molecule has 0 aliphatic heterocycles. The van der Waals surface area contributed by atoms with Crippen LogP contribution in [0, 0.1) is 10.1 Å². The number of nitrogens with zero attached hydrogens (tertiary/aromatic N) is 1. The van der Waals surface area contributed by atoms with E-state index < -0.39 is 34.2 Å². The second-order valence-corrected chi connectivity index (χ2v) is 7.09. The van der Waals surface area contributed by atoms with Gasteiger partial charge in [0.25, 0.3) is 0 Å². The van der Waals surface area contributed by atoms with Crippen molar-refractivity contribution in [3.63, 3.8) is 0 Å². The van der Waals surface area contributed by atoms with Crippen molar-refractivity contribution in [2.75, 3.05) is 19.5 Å². The van der Waals surface area contributed by atoms with Crippen molar-refractivity contribution in [2.24, 2.45) is 0 Å². The molecular weight excluding hydrogens is 460 g/mol. The number of ether oxygens (including phenoxy) is 3. The molecule has 0 aliphatic carbocycles. The molecule has 0 aliphatic rings. The van der Waals surface area contributed by atoms with Gasteiger partial charge in [-0.3, -0.25) is 14.9 Å². The predicted molar refractivity (Wildman–Crippen MR) is 123 cm³/mol. The van der Waals surface area contributed by atoms with Crippen molar-refractivity contribution >= 4 is 29.2 Å². The van der Waals surface area contributed by atoms with Crippen LogP contribution >= 0.6 is 0 Å². The smallest absolute Gasteiger partial charge is 0.338 e. The van der Waals surface area contributed by atoms with Crippen molar-refractivity contribution in [1.29, 1.82) is 0 Å². The van der Waals surface area contributed by atoms with Gasteiger partial charge in [-0.1, -0.05) is 18.2 Å². The summed E-state index contributed by atoms with van der Waals surface area (Å²) in [7, 11) is 2.35. The van der Waals surface area contributed by atoms with Crippen molar-refractivity contribution in [1.82, 2.24) is 0 Å². The van der Waals surface area contributed by atoms with E-state index in [9.17, 15) is 29.6 Å². The number of esters is 2. The topological polar surface area (TPSA) is 154 Å². The molecule has 3 rings (SSSR count). The zero-order valence-electron chi connectivity index (χ0n) is 18.6. The quantitative estimate of drug-likeness (QED) is 0.278. The van der Waals surface area contributed by atoms with Gasteiger partial charge in [0, 0.05) is 6.07 Å². The lowest BCUT2D eigenvalue weighted by Gasteiger charge is -2.14. The number of carbonyl (C=O) groups is 3. The maximum atomic E-state index is 12.6. The number of benzene rings is 3. The summed E-state index contributed by atoms with van der Waals surface area (Å²) in [6.07, 6.45) is -0.199. The summed E-state index contributed by atoms with van der Waals surface area (Å²) >= 11 is 0. The molecule has 1 amide bonds. The Morgan fingerprint density at radius 3 is 2.31 bits per heavy atom. The van der Waals surface area contributed by atoms with Gasteiger partial charge >= 0.3 is 17.6 Å². The van der Waals surface area contributed by atoms with Gasteiger partial charge in [-0.05, 0) is 42.0 Å². The van der Waals surface area contributed by atoms with E-state index in [1.165, 1.54) is 38.5 Å². The maximum Gasteiger partial charge on any atom is 0.338 e. The van der Waals surface area contributed by atoms with E-state index in [1.54, 1.807) is 24.3 Å². The Bertz CT molecular complexity index is 1300. The molecule has 0 bridgehead atoms. The third-order valence-electron chi connectivity index (χ3n) is 4.79. The van der Waals surface area contributed by atoms with Crippen molar-refractivity contribution in [3.8, 4) is 17.2 Å². The van der Waals surface area contributed by atoms with Crippen LogP contribution in [-0.2, 0) is 20.7 Å². The summed E-state index contributed by atoms with van der Waals surface area (Å²) in [5, 5.41) is 23.2. The molecule has 11 nitrogen and oxygen atoms in total. The molecule has 0 atom stereocenters. The first-order chi connectivity index (χ1) is 16.7. The molecular formula is C24H20N2O9. The molecule has 0 unspecified atom stereocenters. The molecule has 0 saturated carbocycles. The van der Waals surface area contributed by atoms with E-state index in [-0.39, 0.29) is 29.0 Å². The number of nitro groups is 1. The molecule has 3 aromatic carbocycles. The molecule has 0 radical (unpaired) electrons. The van der Waals surface area contributed by atoms with Gasteiger partial charge < -0.3 is 24.6 Å². The normalized spacial score (nSPS) is 10.2. The number of nitro benzene ring substituents is 1. The van der Waals surface area contributed by atoms with Crippen LogP contribution in [0.25, 0.3) is 0 Å². The standard InChI is InChI=1S/C24H20N2O9/c1-33-23(29)16-9-8-15(13-17(16)24(30)34-2)35-21-6-4-3-5-18(21)25-22(28)12-14-7-10-20(27)19(11-14)26(31)32/h3-11,13,27H,12H2,1-2H3,(H,25,28). The first kappa shape index (κ1) is 24.7. The SMILES string of the molecule is COC(=O)c1ccc(Oc2ccccc2NC(=O)Cc2ccc(O)c([N+](=O)[O-])c2)cc1C(=O)OC. The highest BCUT2D eigenvalue weighted by Gasteiger charge is 2.20. The Labute approximate surface area is 199 Å². The first-order valence-corrected chi connectivity index (χ1v) is 10.1. The highest BCUT2D eigenvalue weighted by atomic mass is 16.6. The number of aromatic hydroxyl groups is 1. The van der Waals surface area contributed by atoms with Crippen LogP contribution < -0.4 is 10.1 Å². The Kier molecular flexibility index (Phi) is 7.62. The minimum Gasteiger partial charge on any atom is -0.502 e. The number of methoxy groups -OCH3 is 2. The van der Waals surface area contributed by atoms with E-state index in [1.807, 2.05) is 0 Å². The minimum absolute atomic E-state index is 0.00345. The fraction of sp³-hybridized carbons (Fsp3) is 0.125. The second-order valence-electron chi connectivity index (χ2n) is 7.09.